The van der Waals surface area contributed by atoms with E-state index in [9.17, 15) is 17.6 Å². The number of allylic oxidation sites excluding steroid dienone is 4. The summed E-state index contributed by atoms with van der Waals surface area (Å²) in [5.74, 6) is -7.96. The van der Waals surface area contributed by atoms with Crippen LogP contribution < -0.4 is 0 Å². The minimum atomic E-state index is -4.08. The third-order valence-corrected chi connectivity index (χ3v) is 4.96. The molecule has 0 bridgehead atoms. The van der Waals surface area contributed by atoms with Crippen LogP contribution in [0.1, 0.15) is 58.8 Å². The average molecular weight is 334 g/mol. The van der Waals surface area contributed by atoms with Gasteiger partial charge >= 0.3 is 11.8 Å². The molecule has 23 heavy (non-hydrogen) atoms. The van der Waals surface area contributed by atoms with Gasteiger partial charge in [0.2, 0.25) is 0 Å². The van der Waals surface area contributed by atoms with E-state index in [1.807, 2.05) is 0 Å². The molecule has 2 unspecified atom stereocenters. The van der Waals surface area contributed by atoms with Gasteiger partial charge in [0.25, 0.3) is 0 Å². The number of alkyl halides is 4. The van der Waals surface area contributed by atoms with Crippen molar-refractivity contribution in [3.05, 3.63) is 23.3 Å². The summed E-state index contributed by atoms with van der Waals surface area (Å²) in [5, 5.41) is 0. The average Bonchev–Trinajstić information content (AvgIpc) is 2.51. The third-order valence-electron chi connectivity index (χ3n) is 4.96. The maximum atomic E-state index is 14.1. The molecule has 1 nitrogen and oxygen atoms in total. The van der Waals surface area contributed by atoms with Crippen molar-refractivity contribution in [1.82, 2.24) is 0 Å². The Labute approximate surface area is 135 Å². The Balaban J connectivity index is 1.93. The highest BCUT2D eigenvalue weighted by Gasteiger charge is 2.60. The lowest BCUT2D eigenvalue weighted by Crippen LogP contribution is -2.45. The first-order valence-electron chi connectivity index (χ1n) is 8.60. The topological polar surface area (TPSA) is 9.23 Å². The van der Waals surface area contributed by atoms with Crippen molar-refractivity contribution in [2.24, 2.45) is 5.92 Å². The van der Waals surface area contributed by atoms with Crippen LogP contribution in [0.2, 0.25) is 0 Å². The molecule has 1 aliphatic carbocycles. The van der Waals surface area contributed by atoms with E-state index in [4.69, 9.17) is 4.74 Å². The highest BCUT2D eigenvalue weighted by molar-refractivity contribution is 5.37. The van der Waals surface area contributed by atoms with Gasteiger partial charge in [0.05, 0.1) is 6.10 Å². The van der Waals surface area contributed by atoms with Crippen molar-refractivity contribution in [3.63, 3.8) is 0 Å². The molecule has 0 N–H and O–H groups in total. The third kappa shape index (κ3) is 3.81. The van der Waals surface area contributed by atoms with E-state index in [1.54, 1.807) is 0 Å². The zero-order valence-corrected chi connectivity index (χ0v) is 13.9. The summed E-state index contributed by atoms with van der Waals surface area (Å²) < 4.78 is 61.8. The predicted octanol–water partition coefficient (Wildman–Crippen LogP) is 5.91. The minimum Gasteiger partial charge on any atom is -0.378 e. The molecular formula is C18H26F4O. The quantitative estimate of drug-likeness (QED) is 0.549. The first kappa shape index (κ1) is 18.5. The molecule has 0 aromatic heterocycles. The molecule has 132 valence electrons. The summed E-state index contributed by atoms with van der Waals surface area (Å²) in [4.78, 5) is 0. The Bertz CT molecular complexity index is 460. The lowest BCUT2D eigenvalue weighted by atomic mass is 9.84. The van der Waals surface area contributed by atoms with E-state index in [0.717, 1.165) is 25.7 Å². The first-order chi connectivity index (χ1) is 10.8. The van der Waals surface area contributed by atoms with E-state index >= 15 is 0 Å². The van der Waals surface area contributed by atoms with Gasteiger partial charge in [0.1, 0.15) is 0 Å². The van der Waals surface area contributed by atoms with E-state index in [2.05, 4.69) is 6.92 Å². The highest BCUT2D eigenvalue weighted by Crippen LogP contribution is 2.49. The molecule has 0 aromatic carbocycles. The monoisotopic (exact) mass is 334 g/mol. The van der Waals surface area contributed by atoms with Gasteiger partial charge < -0.3 is 4.74 Å². The van der Waals surface area contributed by atoms with Crippen LogP contribution in [0.5, 0.6) is 0 Å². The molecule has 2 rings (SSSR count). The maximum Gasteiger partial charge on any atom is 0.335 e. The second-order valence-corrected chi connectivity index (χ2v) is 6.61. The van der Waals surface area contributed by atoms with Crippen LogP contribution in [0.4, 0.5) is 17.6 Å². The van der Waals surface area contributed by atoms with Crippen molar-refractivity contribution in [1.29, 1.82) is 0 Å². The van der Waals surface area contributed by atoms with Crippen LogP contribution >= 0.6 is 0 Å². The summed E-state index contributed by atoms with van der Waals surface area (Å²) >= 11 is 0. The zero-order valence-electron chi connectivity index (χ0n) is 13.9. The number of halogens is 4. The normalized spacial score (nSPS) is 29.8. The van der Waals surface area contributed by atoms with E-state index < -0.39 is 23.0 Å². The van der Waals surface area contributed by atoms with Crippen molar-refractivity contribution >= 4 is 0 Å². The second-order valence-electron chi connectivity index (χ2n) is 6.61. The van der Waals surface area contributed by atoms with Crippen LogP contribution in [0.15, 0.2) is 23.3 Å². The standard InChI is InChI=1S/C18H26F4O/c1-3-5-16-11-7-13(12-23-16)6-8-15-10-9-14(4-2)17(19,20)18(15,21)22/h9-10,13,16H,3-8,11-12H2,1-2H3. The molecule has 0 amide bonds. The van der Waals surface area contributed by atoms with Gasteiger partial charge in [-0.3, -0.25) is 0 Å². The molecule has 0 radical (unpaired) electrons. The number of ether oxygens (including phenoxy) is 1. The summed E-state index contributed by atoms with van der Waals surface area (Å²) in [6.45, 7) is 4.13. The molecule has 1 fully saturated rings. The smallest absolute Gasteiger partial charge is 0.335 e. The van der Waals surface area contributed by atoms with Gasteiger partial charge in [-0.2, -0.15) is 17.6 Å². The fraction of sp³-hybridized carbons (Fsp3) is 0.778. The predicted molar refractivity (Wildman–Crippen MR) is 83.0 cm³/mol. The number of hydrogen-bond donors (Lipinski definition) is 0. The van der Waals surface area contributed by atoms with E-state index in [-0.39, 0.29) is 24.9 Å². The SMILES string of the molecule is CCCC1CCC(CCC2=CC=C(CC)C(F)(F)C2(F)F)CO1. The summed E-state index contributed by atoms with van der Waals surface area (Å²) in [7, 11) is 0. The van der Waals surface area contributed by atoms with Crippen molar-refractivity contribution in [2.75, 3.05) is 6.61 Å². The van der Waals surface area contributed by atoms with Gasteiger partial charge in [0, 0.05) is 17.8 Å². The molecule has 1 heterocycles. The molecule has 2 atom stereocenters. The second kappa shape index (κ2) is 7.37. The van der Waals surface area contributed by atoms with Crippen LogP contribution in [0.25, 0.3) is 0 Å². The summed E-state index contributed by atoms with van der Waals surface area (Å²) in [6.07, 6.45) is 6.99. The number of hydrogen-bond acceptors (Lipinski definition) is 1. The highest BCUT2D eigenvalue weighted by atomic mass is 19.3. The molecule has 0 aromatic rings. The van der Waals surface area contributed by atoms with Crippen LogP contribution in [0, 0.1) is 5.92 Å². The fourth-order valence-corrected chi connectivity index (χ4v) is 3.39. The minimum absolute atomic E-state index is 0.00254. The van der Waals surface area contributed by atoms with Crippen molar-refractivity contribution in [2.45, 2.75) is 76.7 Å². The van der Waals surface area contributed by atoms with Gasteiger partial charge in [-0.25, -0.2) is 0 Å². The van der Waals surface area contributed by atoms with Gasteiger partial charge in [-0.05, 0) is 44.4 Å². The molecule has 0 saturated carbocycles. The van der Waals surface area contributed by atoms with Gasteiger partial charge in [0.15, 0.2) is 0 Å². The Kier molecular flexibility index (Phi) is 5.93. The molecule has 5 heteroatoms. The van der Waals surface area contributed by atoms with Crippen molar-refractivity contribution in [3.8, 4) is 0 Å². The molecule has 0 spiro atoms. The molecule has 1 aliphatic heterocycles. The van der Waals surface area contributed by atoms with E-state index in [1.165, 1.54) is 19.1 Å². The summed E-state index contributed by atoms with van der Waals surface area (Å²) in [6, 6.07) is 0. The van der Waals surface area contributed by atoms with Crippen LogP contribution in [0.3, 0.4) is 0 Å². The van der Waals surface area contributed by atoms with E-state index in [0.29, 0.717) is 13.0 Å². The maximum absolute atomic E-state index is 14.1. The Morgan fingerprint density at radius 3 is 2.22 bits per heavy atom. The lowest BCUT2D eigenvalue weighted by Gasteiger charge is -2.34. The molecule has 1 saturated heterocycles. The number of rotatable bonds is 6. The zero-order chi connectivity index (χ0) is 17.1. The first-order valence-corrected chi connectivity index (χ1v) is 8.60. The van der Waals surface area contributed by atoms with Gasteiger partial charge in [-0.15, -0.1) is 0 Å². The van der Waals surface area contributed by atoms with Gasteiger partial charge in [-0.1, -0.05) is 32.4 Å². The van der Waals surface area contributed by atoms with Crippen LogP contribution in [-0.2, 0) is 4.74 Å². The Hall–Kier alpha value is -0.840. The summed E-state index contributed by atoms with van der Waals surface area (Å²) in [5.41, 5.74) is -0.940. The Morgan fingerprint density at radius 1 is 1.00 bits per heavy atom. The molecule has 2 aliphatic rings. The Morgan fingerprint density at radius 2 is 1.65 bits per heavy atom. The van der Waals surface area contributed by atoms with Crippen molar-refractivity contribution < 1.29 is 22.3 Å². The lowest BCUT2D eigenvalue weighted by molar-refractivity contribution is -0.166. The molecular weight excluding hydrogens is 308 g/mol. The van der Waals surface area contributed by atoms with Crippen LogP contribution in [-0.4, -0.2) is 24.6 Å². The fourth-order valence-electron chi connectivity index (χ4n) is 3.39. The largest absolute Gasteiger partial charge is 0.378 e.